The van der Waals surface area contributed by atoms with E-state index in [1.54, 1.807) is 23.0 Å². The highest BCUT2D eigenvalue weighted by atomic mass is 35.5. The van der Waals surface area contributed by atoms with Crippen molar-refractivity contribution in [1.82, 2.24) is 19.6 Å². The van der Waals surface area contributed by atoms with Crippen LogP contribution in [0.5, 0.6) is 0 Å². The van der Waals surface area contributed by atoms with E-state index < -0.39 is 0 Å². The molecule has 6 nitrogen and oxygen atoms in total. The number of rotatable bonds is 3. The monoisotopic (exact) mass is 334 g/mol. The Hall–Kier alpha value is -3.30. The summed E-state index contributed by atoms with van der Waals surface area (Å²) < 4.78 is 1.71. The Bertz CT molecular complexity index is 1060. The lowest BCUT2D eigenvalue weighted by molar-refractivity contribution is 0.980. The molecule has 0 spiro atoms. The number of aromatic nitrogens is 4. The Labute approximate surface area is 142 Å². The molecule has 0 amide bonds. The summed E-state index contributed by atoms with van der Waals surface area (Å²) in [6.07, 6.45) is 3.32. The minimum Gasteiger partial charge on any atom is -0.337 e. The van der Waals surface area contributed by atoms with Gasteiger partial charge in [0, 0.05) is 12.4 Å². The van der Waals surface area contributed by atoms with Gasteiger partial charge in [-0.15, -0.1) is 0 Å². The summed E-state index contributed by atoms with van der Waals surface area (Å²) in [5.41, 5.74) is 3.07. The Morgan fingerprint density at radius 1 is 1.17 bits per heavy atom. The van der Waals surface area contributed by atoms with E-state index in [0.29, 0.717) is 33.4 Å². The van der Waals surface area contributed by atoms with Crippen LogP contribution in [0, 0.1) is 11.3 Å². The molecule has 0 bridgehead atoms. The van der Waals surface area contributed by atoms with Crippen LogP contribution in [0.2, 0.25) is 5.02 Å². The largest absolute Gasteiger partial charge is 0.337 e. The number of hydrogen-bond acceptors (Lipinski definition) is 4. The van der Waals surface area contributed by atoms with Crippen molar-refractivity contribution < 1.29 is 0 Å². The number of imidazole rings is 1. The average molecular weight is 335 g/mol. The predicted octanol–water partition coefficient (Wildman–Crippen LogP) is 3.99. The molecule has 0 saturated carbocycles. The molecule has 0 fully saturated rings. The summed E-state index contributed by atoms with van der Waals surface area (Å²) in [6.45, 7) is 0. The first-order chi connectivity index (χ1) is 11.8. The third-order valence-corrected chi connectivity index (χ3v) is 3.94. The van der Waals surface area contributed by atoms with Crippen LogP contribution in [0.15, 0.2) is 54.9 Å². The normalized spacial score (nSPS) is 10.7. The molecule has 0 saturated heterocycles. The highest BCUT2D eigenvalue weighted by Gasteiger charge is 2.19. The second kappa shape index (κ2) is 5.72. The number of fused-ring (bicyclic) bond motifs is 1. The van der Waals surface area contributed by atoms with Crippen molar-refractivity contribution in [2.75, 3.05) is 5.32 Å². The lowest BCUT2D eigenvalue weighted by Gasteiger charge is -2.09. The number of halogens is 1. The number of nitriles is 1. The Morgan fingerprint density at radius 3 is 2.75 bits per heavy atom. The second-order valence-corrected chi connectivity index (χ2v) is 5.49. The van der Waals surface area contributed by atoms with Crippen LogP contribution in [-0.4, -0.2) is 19.6 Å². The maximum Gasteiger partial charge on any atom is 0.173 e. The fourth-order valence-corrected chi connectivity index (χ4v) is 2.67. The number of para-hydroxylation sites is 1. The second-order valence-electron chi connectivity index (χ2n) is 5.09. The summed E-state index contributed by atoms with van der Waals surface area (Å²) in [7, 11) is 0. The van der Waals surface area contributed by atoms with Gasteiger partial charge in [-0.05, 0) is 24.3 Å². The summed E-state index contributed by atoms with van der Waals surface area (Å²) in [4.78, 5) is 8.94. The number of nitrogens with zero attached hydrogens (tertiary/aromatic N) is 4. The lowest BCUT2D eigenvalue weighted by atomic mass is 10.2. The van der Waals surface area contributed by atoms with Gasteiger partial charge in [0.25, 0.3) is 0 Å². The van der Waals surface area contributed by atoms with Crippen LogP contribution >= 0.6 is 11.6 Å². The van der Waals surface area contributed by atoms with Crippen molar-refractivity contribution in [3.8, 4) is 17.5 Å². The zero-order chi connectivity index (χ0) is 16.5. The third-order valence-electron chi connectivity index (χ3n) is 3.61. The van der Waals surface area contributed by atoms with Gasteiger partial charge in [-0.2, -0.15) is 5.26 Å². The van der Waals surface area contributed by atoms with Crippen molar-refractivity contribution >= 4 is 28.8 Å². The van der Waals surface area contributed by atoms with E-state index in [2.05, 4.69) is 26.5 Å². The number of hydrogen-bond donors (Lipinski definition) is 2. The molecule has 0 atom stereocenters. The van der Waals surface area contributed by atoms with Gasteiger partial charge >= 0.3 is 0 Å². The molecule has 4 aromatic rings. The van der Waals surface area contributed by atoms with E-state index in [4.69, 9.17) is 11.6 Å². The van der Waals surface area contributed by atoms with Crippen molar-refractivity contribution in [3.05, 3.63) is 65.4 Å². The van der Waals surface area contributed by atoms with E-state index >= 15 is 0 Å². The first-order valence-electron chi connectivity index (χ1n) is 7.21. The predicted molar refractivity (Wildman–Crippen MR) is 92.2 cm³/mol. The molecule has 4 rings (SSSR count). The van der Waals surface area contributed by atoms with Crippen molar-refractivity contribution in [2.45, 2.75) is 0 Å². The molecule has 7 heteroatoms. The highest BCUT2D eigenvalue weighted by molar-refractivity contribution is 6.33. The maximum absolute atomic E-state index is 9.25. The molecular formula is C17H11ClN6. The van der Waals surface area contributed by atoms with E-state index in [1.807, 2.05) is 36.4 Å². The number of anilines is 2. The SMILES string of the molecule is N#Cc1c[nH]n2c(Nc3ccccc3Cl)c(-c3ccccn3)nc12. The van der Waals surface area contributed by atoms with Gasteiger partial charge in [-0.1, -0.05) is 29.8 Å². The topological polar surface area (TPSA) is 81.8 Å². The summed E-state index contributed by atoms with van der Waals surface area (Å²) >= 11 is 6.25. The minimum atomic E-state index is 0.458. The van der Waals surface area contributed by atoms with Crippen LogP contribution < -0.4 is 5.32 Å². The molecule has 0 radical (unpaired) electrons. The molecule has 24 heavy (non-hydrogen) atoms. The number of aromatic amines is 1. The molecule has 3 aromatic heterocycles. The van der Waals surface area contributed by atoms with Crippen LogP contribution in [0.1, 0.15) is 5.56 Å². The summed E-state index contributed by atoms with van der Waals surface area (Å²) in [5, 5.41) is 16.2. The van der Waals surface area contributed by atoms with Crippen LogP contribution in [0.4, 0.5) is 11.5 Å². The first kappa shape index (κ1) is 14.3. The van der Waals surface area contributed by atoms with E-state index in [9.17, 15) is 5.26 Å². The van der Waals surface area contributed by atoms with Gasteiger partial charge < -0.3 is 5.32 Å². The third kappa shape index (κ3) is 2.28. The zero-order valence-corrected chi connectivity index (χ0v) is 13.1. The number of pyridine rings is 1. The summed E-state index contributed by atoms with van der Waals surface area (Å²) in [5.74, 6) is 0.665. The van der Waals surface area contributed by atoms with E-state index in [-0.39, 0.29) is 0 Å². The average Bonchev–Trinajstić information content (AvgIpc) is 3.17. The fraction of sp³-hybridized carbons (Fsp3) is 0. The maximum atomic E-state index is 9.25. The van der Waals surface area contributed by atoms with Crippen molar-refractivity contribution in [3.63, 3.8) is 0 Å². The van der Waals surface area contributed by atoms with Crippen molar-refractivity contribution in [1.29, 1.82) is 5.26 Å². The Kier molecular flexibility index (Phi) is 3.41. The van der Waals surface area contributed by atoms with Gasteiger partial charge in [-0.3, -0.25) is 10.1 Å². The van der Waals surface area contributed by atoms with Crippen molar-refractivity contribution in [2.24, 2.45) is 0 Å². The van der Waals surface area contributed by atoms with Gasteiger partial charge in [-0.25, -0.2) is 9.50 Å². The van der Waals surface area contributed by atoms with Crippen LogP contribution in [0.25, 0.3) is 17.0 Å². The van der Waals surface area contributed by atoms with E-state index in [0.717, 1.165) is 5.69 Å². The van der Waals surface area contributed by atoms with Crippen LogP contribution in [-0.2, 0) is 0 Å². The standard InChI is InChI=1S/C17H11ClN6/c18-12-5-1-2-6-13(12)22-17-15(14-7-3-4-8-20-14)23-16-11(9-19)10-21-24(16)17/h1-8,10,21-22H. The Balaban J connectivity index is 1.93. The molecule has 1 aromatic carbocycles. The van der Waals surface area contributed by atoms with Gasteiger partial charge in [0.15, 0.2) is 11.5 Å². The molecule has 0 unspecified atom stereocenters. The Morgan fingerprint density at radius 2 is 2.00 bits per heavy atom. The molecule has 0 aliphatic heterocycles. The highest BCUT2D eigenvalue weighted by Crippen LogP contribution is 2.32. The van der Waals surface area contributed by atoms with Crippen LogP contribution in [0.3, 0.4) is 0 Å². The van der Waals surface area contributed by atoms with Gasteiger partial charge in [0.05, 0.1) is 16.4 Å². The zero-order valence-electron chi connectivity index (χ0n) is 12.4. The fourth-order valence-electron chi connectivity index (χ4n) is 2.49. The molecule has 0 aliphatic carbocycles. The molecule has 2 N–H and O–H groups in total. The molecular weight excluding hydrogens is 324 g/mol. The van der Waals surface area contributed by atoms with Gasteiger partial charge in [0.1, 0.15) is 17.3 Å². The minimum absolute atomic E-state index is 0.458. The van der Waals surface area contributed by atoms with Gasteiger partial charge in [0.2, 0.25) is 0 Å². The molecule has 3 heterocycles. The number of H-pyrrole nitrogens is 1. The van der Waals surface area contributed by atoms with E-state index in [1.165, 1.54) is 0 Å². The molecule has 116 valence electrons. The molecule has 0 aliphatic rings. The number of nitrogens with one attached hydrogen (secondary N) is 2. The smallest absolute Gasteiger partial charge is 0.173 e. The quantitative estimate of drug-likeness (QED) is 0.593. The lowest BCUT2D eigenvalue weighted by Crippen LogP contribution is -1.98. The first-order valence-corrected chi connectivity index (χ1v) is 7.58. The number of benzene rings is 1. The summed E-state index contributed by atoms with van der Waals surface area (Å²) in [6, 6.07) is 15.2.